The van der Waals surface area contributed by atoms with Gasteiger partial charge in [-0.05, 0) is 38.5 Å². The number of hydrogen-bond donors (Lipinski definition) is 0. The molecule has 1 aromatic heterocycles. The van der Waals surface area contributed by atoms with Gasteiger partial charge < -0.3 is 9.47 Å². The molecule has 0 saturated carbocycles. The number of benzene rings is 1. The Labute approximate surface area is 145 Å². The molecule has 6 nitrogen and oxygen atoms in total. The molecule has 128 valence electrons. The number of aromatic nitrogens is 2. The lowest BCUT2D eigenvalue weighted by molar-refractivity contribution is -0.135. The van der Waals surface area contributed by atoms with E-state index in [1.807, 2.05) is 27.8 Å². The maximum Gasteiger partial charge on any atom is 0.312 e. The zero-order valence-corrected chi connectivity index (χ0v) is 14.5. The van der Waals surface area contributed by atoms with Gasteiger partial charge in [0.1, 0.15) is 11.5 Å². The lowest BCUT2D eigenvalue weighted by Crippen LogP contribution is -2.22. The Balaban J connectivity index is 1.95. The van der Waals surface area contributed by atoms with Crippen molar-refractivity contribution in [1.29, 1.82) is 0 Å². The van der Waals surface area contributed by atoms with Crippen molar-refractivity contribution in [3.63, 3.8) is 0 Å². The second kappa shape index (κ2) is 5.31. The molecule has 6 heteroatoms. The normalized spacial score (nSPS) is 18.6. The second-order valence-electron chi connectivity index (χ2n) is 6.65. The quantitative estimate of drug-likeness (QED) is 0.454. The predicted octanol–water partition coefficient (Wildman–Crippen LogP) is 3.04. The van der Waals surface area contributed by atoms with Crippen LogP contribution in [0.3, 0.4) is 0 Å². The number of rotatable bonds is 1. The van der Waals surface area contributed by atoms with E-state index in [0.29, 0.717) is 22.8 Å². The van der Waals surface area contributed by atoms with Crippen molar-refractivity contribution in [1.82, 2.24) is 9.78 Å². The number of hydrogen-bond acceptors (Lipinski definition) is 5. The highest BCUT2D eigenvalue weighted by Crippen LogP contribution is 2.49. The van der Waals surface area contributed by atoms with Gasteiger partial charge >= 0.3 is 5.97 Å². The standard InChI is InChI=1S/C19H18N2O4/c1-9(2)18-17(23)11-5-6-14-16(19(11)25-18)12(7-15(22)24-14)13-8-20-21(4)10(13)3/h5-6,8,12H,7H2,1-4H3/t12-/m0/s1. The molecule has 1 atom stereocenters. The van der Waals surface area contributed by atoms with E-state index in [-0.39, 0.29) is 24.1 Å². The lowest BCUT2D eigenvalue weighted by Gasteiger charge is -2.26. The molecule has 0 radical (unpaired) electrons. The summed E-state index contributed by atoms with van der Waals surface area (Å²) in [5.41, 5.74) is 3.99. The van der Waals surface area contributed by atoms with Crippen LogP contribution in [-0.2, 0) is 11.8 Å². The molecule has 0 amide bonds. The molecule has 0 N–H and O–H groups in total. The van der Waals surface area contributed by atoms with Gasteiger partial charge in [0.05, 0.1) is 18.2 Å². The molecule has 0 spiro atoms. The smallest absolute Gasteiger partial charge is 0.312 e. The molecule has 0 bridgehead atoms. The topological polar surface area (TPSA) is 70.4 Å². The number of carbonyl (C=O) groups is 2. The highest BCUT2D eigenvalue weighted by molar-refractivity contribution is 6.13. The van der Waals surface area contributed by atoms with E-state index in [9.17, 15) is 9.59 Å². The number of ether oxygens (including phenoxy) is 2. The van der Waals surface area contributed by atoms with Crippen LogP contribution < -0.4 is 9.47 Å². The van der Waals surface area contributed by atoms with Crippen LogP contribution in [0.25, 0.3) is 0 Å². The Morgan fingerprint density at radius 3 is 2.64 bits per heavy atom. The summed E-state index contributed by atoms with van der Waals surface area (Å²) >= 11 is 0. The predicted molar refractivity (Wildman–Crippen MR) is 89.8 cm³/mol. The molecule has 3 heterocycles. The van der Waals surface area contributed by atoms with Crippen molar-refractivity contribution in [2.75, 3.05) is 0 Å². The number of Topliss-reactive ketones (excluding diaryl/α,β-unsaturated/α-hetero) is 1. The number of ketones is 1. The Morgan fingerprint density at radius 2 is 2.00 bits per heavy atom. The van der Waals surface area contributed by atoms with Crippen molar-refractivity contribution in [3.8, 4) is 11.5 Å². The van der Waals surface area contributed by atoms with Crippen LogP contribution in [0, 0.1) is 6.92 Å². The molecule has 0 aliphatic carbocycles. The molecule has 2 aliphatic heterocycles. The Morgan fingerprint density at radius 1 is 1.24 bits per heavy atom. The third-order valence-electron chi connectivity index (χ3n) is 4.86. The highest BCUT2D eigenvalue weighted by atomic mass is 16.5. The number of carbonyl (C=O) groups excluding carboxylic acids is 2. The van der Waals surface area contributed by atoms with Crippen LogP contribution >= 0.6 is 0 Å². The molecular formula is C19H18N2O4. The summed E-state index contributed by atoms with van der Waals surface area (Å²) in [5.74, 6) is 0.625. The average Bonchev–Trinajstić information content (AvgIpc) is 3.07. The first kappa shape index (κ1) is 15.6. The maximum absolute atomic E-state index is 12.6. The molecule has 0 saturated heterocycles. The van der Waals surface area contributed by atoms with Crippen LogP contribution in [0.4, 0.5) is 0 Å². The number of esters is 1. The van der Waals surface area contributed by atoms with Gasteiger partial charge in [-0.2, -0.15) is 5.10 Å². The first-order chi connectivity index (χ1) is 11.9. The Kier molecular flexibility index (Phi) is 3.32. The minimum absolute atomic E-state index is 0.128. The largest absolute Gasteiger partial charge is 0.452 e. The molecule has 1 aromatic carbocycles. The van der Waals surface area contributed by atoms with E-state index < -0.39 is 0 Å². The summed E-state index contributed by atoms with van der Waals surface area (Å²) in [4.78, 5) is 24.7. The van der Waals surface area contributed by atoms with Crippen LogP contribution in [0.5, 0.6) is 11.5 Å². The summed E-state index contributed by atoms with van der Waals surface area (Å²) in [5, 5.41) is 4.29. The Bertz CT molecular complexity index is 964. The fourth-order valence-electron chi connectivity index (χ4n) is 3.45. The maximum atomic E-state index is 12.6. The van der Waals surface area contributed by atoms with E-state index in [1.54, 1.807) is 23.0 Å². The number of nitrogens with zero attached hydrogens (tertiary/aromatic N) is 2. The van der Waals surface area contributed by atoms with E-state index >= 15 is 0 Å². The number of fused-ring (bicyclic) bond motifs is 3. The highest BCUT2D eigenvalue weighted by Gasteiger charge is 2.39. The van der Waals surface area contributed by atoms with Crippen molar-refractivity contribution in [2.24, 2.45) is 7.05 Å². The average molecular weight is 338 g/mol. The summed E-state index contributed by atoms with van der Waals surface area (Å²) in [6.45, 7) is 5.64. The lowest BCUT2D eigenvalue weighted by atomic mass is 9.85. The fraction of sp³-hybridized carbons (Fsp3) is 0.316. The van der Waals surface area contributed by atoms with Crippen LogP contribution in [0.15, 0.2) is 29.7 Å². The van der Waals surface area contributed by atoms with Crippen LogP contribution in [0.2, 0.25) is 0 Å². The van der Waals surface area contributed by atoms with Crippen LogP contribution in [0.1, 0.15) is 53.4 Å². The Hall–Kier alpha value is -2.89. The van der Waals surface area contributed by atoms with E-state index in [2.05, 4.69) is 5.10 Å². The SMILES string of the molecule is CC(C)=C1Oc2c(ccc3c2[C@H](c2cnn(C)c2C)CC(=O)O3)C1=O. The summed E-state index contributed by atoms with van der Waals surface area (Å²) < 4.78 is 13.1. The minimum Gasteiger partial charge on any atom is -0.452 e. The van der Waals surface area contributed by atoms with Crippen LogP contribution in [-0.4, -0.2) is 21.5 Å². The third-order valence-corrected chi connectivity index (χ3v) is 4.86. The summed E-state index contributed by atoms with van der Waals surface area (Å²) in [7, 11) is 1.86. The first-order valence-electron chi connectivity index (χ1n) is 8.14. The molecular weight excluding hydrogens is 320 g/mol. The minimum atomic E-state index is -0.299. The molecule has 4 rings (SSSR count). The molecule has 2 aromatic rings. The molecule has 25 heavy (non-hydrogen) atoms. The van der Waals surface area contributed by atoms with Crippen molar-refractivity contribution >= 4 is 11.8 Å². The van der Waals surface area contributed by atoms with Gasteiger partial charge in [-0.15, -0.1) is 0 Å². The first-order valence-corrected chi connectivity index (χ1v) is 8.14. The molecule has 2 aliphatic rings. The summed E-state index contributed by atoms with van der Waals surface area (Å²) in [6, 6.07) is 3.34. The second-order valence-corrected chi connectivity index (χ2v) is 6.65. The van der Waals surface area contributed by atoms with Gasteiger partial charge in [0.25, 0.3) is 0 Å². The number of aryl methyl sites for hydroxylation is 1. The fourth-order valence-corrected chi connectivity index (χ4v) is 3.45. The molecule has 0 unspecified atom stereocenters. The van der Waals surface area contributed by atoms with E-state index in [4.69, 9.17) is 9.47 Å². The third kappa shape index (κ3) is 2.21. The van der Waals surface area contributed by atoms with Gasteiger partial charge in [-0.3, -0.25) is 14.3 Å². The van der Waals surface area contributed by atoms with Crippen molar-refractivity contribution in [2.45, 2.75) is 33.1 Å². The van der Waals surface area contributed by atoms with Gasteiger partial charge in [0, 0.05) is 29.8 Å². The number of allylic oxidation sites excluding steroid dienone is 2. The molecule has 0 fully saturated rings. The monoisotopic (exact) mass is 338 g/mol. The zero-order chi connectivity index (χ0) is 17.9. The van der Waals surface area contributed by atoms with Crippen molar-refractivity contribution < 1.29 is 19.1 Å². The van der Waals surface area contributed by atoms with Gasteiger partial charge in [-0.25, -0.2) is 0 Å². The zero-order valence-electron chi connectivity index (χ0n) is 14.5. The van der Waals surface area contributed by atoms with E-state index in [1.165, 1.54) is 0 Å². The summed E-state index contributed by atoms with van der Waals surface area (Å²) in [6.07, 6.45) is 1.96. The van der Waals surface area contributed by atoms with Gasteiger partial charge in [0.15, 0.2) is 5.76 Å². The van der Waals surface area contributed by atoms with E-state index in [0.717, 1.165) is 22.4 Å². The van der Waals surface area contributed by atoms with Gasteiger partial charge in [0.2, 0.25) is 5.78 Å². The van der Waals surface area contributed by atoms with Crippen molar-refractivity contribution in [3.05, 3.63) is 52.0 Å². The van der Waals surface area contributed by atoms with Gasteiger partial charge in [-0.1, -0.05) is 0 Å².